The van der Waals surface area contributed by atoms with E-state index in [2.05, 4.69) is 5.32 Å². The average molecular weight is 535 g/mol. The van der Waals surface area contributed by atoms with Gasteiger partial charge < -0.3 is 15.5 Å². The van der Waals surface area contributed by atoms with E-state index in [1.165, 1.54) is 11.3 Å². The van der Waals surface area contributed by atoms with E-state index in [1.807, 2.05) is 77.5 Å². The average Bonchev–Trinajstić information content (AvgIpc) is 3.43. The number of rotatable bonds is 7. The molecule has 0 saturated carbocycles. The first-order chi connectivity index (χ1) is 17.5. The molecule has 0 radical (unpaired) electrons. The number of nitrogens with zero attached hydrogens (tertiary/aromatic N) is 1. The second-order valence-corrected chi connectivity index (χ2v) is 10.8. The van der Waals surface area contributed by atoms with Crippen molar-refractivity contribution < 1.29 is 15.0 Å². The van der Waals surface area contributed by atoms with Crippen LogP contribution in [-0.2, 0) is 23.4 Å². The Morgan fingerprint density at radius 3 is 2.61 bits per heavy atom. The van der Waals surface area contributed by atoms with Gasteiger partial charge in [0.1, 0.15) is 16.2 Å². The normalized spacial score (nSPS) is 17.8. The fourth-order valence-corrected chi connectivity index (χ4v) is 6.19. The van der Waals surface area contributed by atoms with Crippen LogP contribution in [0.2, 0.25) is 5.02 Å². The Balaban J connectivity index is 1.52. The van der Waals surface area contributed by atoms with E-state index in [9.17, 15) is 15.0 Å². The fourth-order valence-electron chi connectivity index (χ4n) is 4.35. The minimum absolute atomic E-state index is 0.00211. The number of aromatic nitrogens is 1. The first-order valence-electron chi connectivity index (χ1n) is 11.3. The van der Waals surface area contributed by atoms with E-state index in [1.54, 1.807) is 6.07 Å². The highest BCUT2D eigenvalue weighted by molar-refractivity contribution is 8.04. The van der Waals surface area contributed by atoms with Gasteiger partial charge in [-0.3, -0.25) is 9.78 Å². The number of hydrogen-bond acceptors (Lipinski definition) is 6. The molecule has 5 rings (SSSR count). The van der Waals surface area contributed by atoms with Crippen LogP contribution in [0.1, 0.15) is 34.5 Å². The number of aliphatic hydroxyl groups is 2. The van der Waals surface area contributed by atoms with Gasteiger partial charge in [0, 0.05) is 23.4 Å². The number of carbonyl (C=O) groups excluding carboxylic acids is 1. The third-order valence-electron chi connectivity index (χ3n) is 6.09. The van der Waals surface area contributed by atoms with Crippen molar-refractivity contribution in [2.24, 2.45) is 0 Å². The Bertz CT molecular complexity index is 1440. The third-order valence-corrected chi connectivity index (χ3v) is 8.42. The number of nitrogens with one attached hydrogen (secondary N) is 1. The monoisotopic (exact) mass is 534 g/mol. The van der Waals surface area contributed by atoms with Crippen LogP contribution in [-0.4, -0.2) is 21.1 Å². The summed E-state index contributed by atoms with van der Waals surface area (Å²) in [6, 6.07) is 22.7. The maximum Gasteiger partial charge on any atom is 0.262 e. The Kier molecular flexibility index (Phi) is 7.16. The molecule has 0 bridgehead atoms. The van der Waals surface area contributed by atoms with Gasteiger partial charge in [-0.15, -0.1) is 0 Å². The van der Waals surface area contributed by atoms with E-state index < -0.39 is 5.54 Å². The first-order valence-corrected chi connectivity index (χ1v) is 13.5. The van der Waals surface area contributed by atoms with Gasteiger partial charge in [-0.05, 0) is 57.8 Å². The Labute approximate surface area is 222 Å². The summed E-state index contributed by atoms with van der Waals surface area (Å²) in [7, 11) is 0. The van der Waals surface area contributed by atoms with Crippen LogP contribution < -0.4 is 5.32 Å². The molecule has 1 aliphatic rings. The minimum Gasteiger partial charge on any atom is -0.511 e. The van der Waals surface area contributed by atoms with Crippen LogP contribution in [0.4, 0.5) is 0 Å². The molecule has 3 heterocycles. The van der Waals surface area contributed by atoms with Crippen LogP contribution >= 0.6 is 34.7 Å². The molecule has 0 saturated heterocycles. The SMILES string of the molecule is O=C1NC(c2ccsc2)(c2cccc(Cc3cccc(CO)c3)n2)CC(O)=C1Sc1ccccc1Cl. The van der Waals surface area contributed by atoms with Crippen molar-refractivity contribution in [3.05, 3.63) is 127 Å². The van der Waals surface area contributed by atoms with Crippen molar-refractivity contribution in [3.8, 4) is 0 Å². The summed E-state index contributed by atoms with van der Waals surface area (Å²) in [5.74, 6) is -0.379. The summed E-state index contributed by atoms with van der Waals surface area (Å²) < 4.78 is 0. The second-order valence-electron chi connectivity index (χ2n) is 8.53. The molecular weight excluding hydrogens is 512 g/mol. The van der Waals surface area contributed by atoms with E-state index >= 15 is 0 Å². The molecule has 4 aromatic rings. The van der Waals surface area contributed by atoms with Crippen LogP contribution in [0.3, 0.4) is 0 Å². The summed E-state index contributed by atoms with van der Waals surface area (Å²) in [6.07, 6.45) is 0.740. The first kappa shape index (κ1) is 24.6. The number of thioether (sulfide) groups is 1. The summed E-state index contributed by atoms with van der Waals surface area (Å²) in [4.78, 5) is 19.3. The number of halogens is 1. The van der Waals surface area contributed by atoms with Crippen LogP contribution in [0.25, 0.3) is 0 Å². The third kappa shape index (κ3) is 4.92. The van der Waals surface area contributed by atoms with Gasteiger partial charge in [-0.2, -0.15) is 11.3 Å². The maximum atomic E-state index is 13.4. The van der Waals surface area contributed by atoms with Gasteiger partial charge in [-0.25, -0.2) is 0 Å². The number of amides is 1. The van der Waals surface area contributed by atoms with E-state index in [-0.39, 0.29) is 29.6 Å². The van der Waals surface area contributed by atoms with Crippen LogP contribution in [0.5, 0.6) is 0 Å². The predicted molar refractivity (Wildman–Crippen MR) is 144 cm³/mol. The molecule has 5 nitrogen and oxygen atoms in total. The molecule has 1 aliphatic heterocycles. The lowest BCUT2D eigenvalue weighted by Crippen LogP contribution is -2.51. The predicted octanol–water partition coefficient (Wildman–Crippen LogP) is 6.21. The van der Waals surface area contributed by atoms with Gasteiger partial charge in [0.15, 0.2) is 0 Å². The lowest BCUT2D eigenvalue weighted by Gasteiger charge is -2.38. The molecule has 0 aliphatic carbocycles. The van der Waals surface area contributed by atoms with Crippen molar-refractivity contribution in [2.75, 3.05) is 0 Å². The number of carbonyl (C=O) groups is 1. The Morgan fingerprint density at radius 2 is 1.86 bits per heavy atom. The summed E-state index contributed by atoms with van der Waals surface area (Å²) in [6.45, 7) is -0.0191. The molecule has 182 valence electrons. The zero-order chi connectivity index (χ0) is 25.1. The lowest BCUT2D eigenvalue weighted by atomic mass is 9.81. The second kappa shape index (κ2) is 10.5. The molecule has 1 amide bonds. The number of thiophene rings is 1. The molecule has 2 aromatic carbocycles. The number of aliphatic hydroxyl groups excluding tert-OH is 2. The molecule has 36 heavy (non-hydrogen) atoms. The molecule has 8 heteroatoms. The van der Waals surface area contributed by atoms with Gasteiger partial charge in [0.05, 0.1) is 17.3 Å². The highest BCUT2D eigenvalue weighted by Crippen LogP contribution is 2.43. The minimum atomic E-state index is -1.01. The van der Waals surface area contributed by atoms with Crippen molar-refractivity contribution in [3.63, 3.8) is 0 Å². The number of pyridine rings is 1. The van der Waals surface area contributed by atoms with Gasteiger partial charge >= 0.3 is 0 Å². The van der Waals surface area contributed by atoms with Crippen molar-refractivity contribution in [1.82, 2.24) is 10.3 Å². The zero-order valence-electron chi connectivity index (χ0n) is 19.1. The van der Waals surface area contributed by atoms with E-state index in [0.717, 1.165) is 34.1 Å². The molecule has 1 unspecified atom stereocenters. The topological polar surface area (TPSA) is 82.5 Å². The highest BCUT2D eigenvalue weighted by Gasteiger charge is 2.44. The van der Waals surface area contributed by atoms with E-state index in [0.29, 0.717) is 22.0 Å². The maximum absolute atomic E-state index is 13.4. The standard InChI is InChI=1S/C28H23ClN2O3S2/c29-22-8-1-2-9-24(22)36-26-23(33)15-28(31-27(26)34,20-11-12-35-17-20)25-10-4-7-21(30-25)14-18-5-3-6-19(13-18)16-32/h1-13,17,32-33H,14-16H2,(H,31,34). The molecular formula is C28H23ClN2O3S2. The van der Waals surface area contributed by atoms with Gasteiger partial charge in [-0.1, -0.05) is 65.8 Å². The van der Waals surface area contributed by atoms with Gasteiger partial charge in [0.25, 0.3) is 5.91 Å². The van der Waals surface area contributed by atoms with E-state index in [4.69, 9.17) is 16.6 Å². The van der Waals surface area contributed by atoms with Gasteiger partial charge in [0.2, 0.25) is 0 Å². The summed E-state index contributed by atoms with van der Waals surface area (Å²) in [5, 5.41) is 28.2. The zero-order valence-corrected chi connectivity index (χ0v) is 21.5. The molecule has 0 fully saturated rings. The largest absolute Gasteiger partial charge is 0.511 e. The lowest BCUT2D eigenvalue weighted by molar-refractivity contribution is -0.119. The Morgan fingerprint density at radius 1 is 1.06 bits per heavy atom. The van der Waals surface area contributed by atoms with Crippen molar-refractivity contribution in [1.29, 1.82) is 0 Å². The molecule has 0 spiro atoms. The number of benzene rings is 2. The van der Waals surface area contributed by atoms with Crippen LogP contribution in [0, 0.1) is 0 Å². The summed E-state index contributed by atoms with van der Waals surface area (Å²) >= 11 is 8.97. The Hall–Kier alpha value is -3.10. The summed E-state index contributed by atoms with van der Waals surface area (Å²) in [5.41, 5.74) is 3.21. The highest BCUT2D eigenvalue weighted by atomic mass is 35.5. The van der Waals surface area contributed by atoms with Crippen molar-refractivity contribution in [2.45, 2.75) is 29.9 Å². The molecule has 2 aromatic heterocycles. The van der Waals surface area contributed by atoms with Crippen molar-refractivity contribution >= 4 is 40.6 Å². The number of hydrogen-bond donors (Lipinski definition) is 3. The van der Waals surface area contributed by atoms with Crippen LogP contribution in [0.15, 0.2) is 99.1 Å². The smallest absolute Gasteiger partial charge is 0.262 e. The molecule has 1 atom stereocenters. The quantitative estimate of drug-likeness (QED) is 0.263. The fraction of sp³-hybridized carbons (Fsp3) is 0.143. The molecule has 3 N–H and O–H groups in total.